The van der Waals surface area contributed by atoms with Crippen molar-refractivity contribution in [2.75, 3.05) is 20.8 Å². The summed E-state index contributed by atoms with van der Waals surface area (Å²) in [6, 6.07) is 5.75. The van der Waals surface area contributed by atoms with Crippen LogP contribution in [0.3, 0.4) is 0 Å². The van der Waals surface area contributed by atoms with Gasteiger partial charge in [-0.15, -0.1) is 0 Å². The Bertz CT molecular complexity index is 475. The van der Waals surface area contributed by atoms with E-state index in [9.17, 15) is 4.79 Å². The van der Waals surface area contributed by atoms with Crippen molar-refractivity contribution in [1.29, 1.82) is 0 Å². The molecule has 0 radical (unpaired) electrons. The van der Waals surface area contributed by atoms with Crippen molar-refractivity contribution in [3.8, 4) is 11.5 Å². The Balaban J connectivity index is 2.97. The molecule has 0 fully saturated rings. The normalized spacial score (nSPS) is 15.1. The number of hydrogen-bond acceptors (Lipinski definition) is 4. The van der Waals surface area contributed by atoms with E-state index in [-0.39, 0.29) is 18.4 Å². The van der Waals surface area contributed by atoms with E-state index in [1.54, 1.807) is 14.2 Å². The van der Waals surface area contributed by atoms with Gasteiger partial charge in [0, 0.05) is 12.1 Å². The average Bonchev–Trinajstić information content (AvgIpc) is 2.50. The van der Waals surface area contributed by atoms with Crippen LogP contribution in [0.1, 0.15) is 31.7 Å². The summed E-state index contributed by atoms with van der Waals surface area (Å²) in [5.41, 5.74) is 6.56. The van der Waals surface area contributed by atoms with Gasteiger partial charge in [0.1, 0.15) is 0 Å². The molecule has 0 heterocycles. The fourth-order valence-corrected chi connectivity index (χ4v) is 2.53. The monoisotopic (exact) mass is 295 g/mol. The summed E-state index contributed by atoms with van der Waals surface area (Å²) < 4.78 is 10.8. The molecule has 3 atom stereocenters. The number of ether oxygens (including phenoxy) is 2. The van der Waals surface area contributed by atoms with Gasteiger partial charge in [0.15, 0.2) is 11.5 Å². The lowest BCUT2D eigenvalue weighted by atomic mass is 9.82. The number of benzene rings is 1. The minimum Gasteiger partial charge on any atom is -0.493 e. The Kier molecular flexibility index (Phi) is 6.49. The largest absolute Gasteiger partial charge is 0.493 e. The van der Waals surface area contributed by atoms with E-state index in [0.29, 0.717) is 17.9 Å². The highest BCUT2D eigenvalue weighted by molar-refractivity contribution is 5.70. The highest BCUT2D eigenvalue weighted by Crippen LogP contribution is 2.39. The molecule has 118 valence electrons. The van der Waals surface area contributed by atoms with E-state index in [0.717, 1.165) is 5.56 Å². The zero-order chi connectivity index (χ0) is 16.0. The molecular formula is C16H25NO4. The van der Waals surface area contributed by atoms with Crippen molar-refractivity contribution in [2.45, 2.75) is 26.2 Å². The van der Waals surface area contributed by atoms with Crippen molar-refractivity contribution in [1.82, 2.24) is 0 Å². The molecule has 5 heteroatoms. The first-order valence-electron chi connectivity index (χ1n) is 7.09. The van der Waals surface area contributed by atoms with E-state index in [2.05, 4.69) is 6.92 Å². The van der Waals surface area contributed by atoms with E-state index in [4.69, 9.17) is 20.3 Å². The number of methoxy groups -OCH3 is 2. The number of carboxylic acid groups (broad SMARTS) is 1. The number of nitrogens with two attached hydrogens (primary N) is 1. The molecule has 1 aromatic rings. The van der Waals surface area contributed by atoms with Gasteiger partial charge in [-0.1, -0.05) is 26.0 Å². The zero-order valence-corrected chi connectivity index (χ0v) is 13.1. The smallest absolute Gasteiger partial charge is 0.307 e. The van der Waals surface area contributed by atoms with Crippen LogP contribution in [0.5, 0.6) is 11.5 Å². The maximum absolute atomic E-state index is 11.1. The van der Waals surface area contributed by atoms with Crippen LogP contribution < -0.4 is 15.2 Å². The van der Waals surface area contributed by atoms with Crippen molar-refractivity contribution in [3.05, 3.63) is 23.8 Å². The van der Waals surface area contributed by atoms with E-state index in [1.165, 1.54) is 0 Å². The van der Waals surface area contributed by atoms with E-state index >= 15 is 0 Å². The highest BCUT2D eigenvalue weighted by Gasteiger charge is 2.25. The van der Waals surface area contributed by atoms with Crippen LogP contribution in [-0.4, -0.2) is 31.8 Å². The molecule has 3 unspecified atom stereocenters. The average molecular weight is 295 g/mol. The fraction of sp³-hybridized carbons (Fsp3) is 0.562. The second-order valence-corrected chi connectivity index (χ2v) is 5.36. The first-order chi connectivity index (χ1) is 9.96. The molecule has 1 rings (SSSR count). The number of hydrogen-bond donors (Lipinski definition) is 2. The van der Waals surface area contributed by atoms with E-state index in [1.807, 2.05) is 25.1 Å². The third kappa shape index (κ3) is 4.11. The Labute approximate surface area is 126 Å². The molecule has 0 amide bonds. The minimum absolute atomic E-state index is 0.142. The molecular weight excluding hydrogens is 270 g/mol. The summed E-state index contributed by atoms with van der Waals surface area (Å²) in [5.74, 6) is 0.342. The lowest BCUT2D eigenvalue weighted by Crippen LogP contribution is -2.26. The van der Waals surface area contributed by atoms with Crippen molar-refractivity contribution < 1.29 is 19.4 Å². The summed E-state index contributed by atoms with van der Waals surface area (Å²) in [6.45, 7) is 4.26. The van der Waals surface area contributed by atoms with Gasteiger partial charge >= 0.3 is 5.97 Å². The Hall–Kier alpha value is -1.75. The first-order valence-corrected chi connectivity index (χ1v) is 7.09. The quantitative estimate of drug-likeness (QED) is 0.770. The Morgan fingerprint density at radius 1 is 1.29 bits per heavy atom. The zero-order valence-electron chi connectivity index (χ0n) is 13.1. The summed E-state index contributed by atoms with van der Waals surface area (Å²) in [4.78, 5) is 11.1. The molecule has 5 nitrogen and oxygen atoms in total. The predicted octanol–water partition coefficient (Wildman–Crippen LogP) is 2.49. The number of aliphatic carboxylic acids is 1. The third-order valence-electron chi connectivity index (χ3n) is 4.07. The SMILES string of the molecule is COc1cccc(C(C)C(C)CC(CN)C(=O)O)c1OC. The molecule has 0 aliphatic heterocycles. The van der Waals surface area contributed by atoms with Gasteiger partial charge < -0.3 is 20.3 Å². The van der Waals surface area contributed by atoms with Gasteiger partial charge in [0.25, 0.3) is 0 Å². The van der Waals surface area contributed by atoms with Crippen LogP contribution in [0.25, 0.3) is 0 Å². The summed E-state index contributed by atoms with van der Waals surface area (Å²) in [7, 11) is 3.21. The van der Waals surface area contributed by atoms with Crippen LogP contribution in [0.4, 0.5) is 0 Å². The topological polar surface area (TPSA) is 81.8 Å². The fourth-order valence-electron chi connectivity index (χ4n) is 2.53. The van der Waals surface area contributed by atoms with Crippen LogP contribution in [0.2, 0.25) is 0 Å². The number of carbonyl (C=O) groups is 1. The number of para-hydroxylation sites is 1. The highest BCUT2D eigenvalue weighted by atomic mass is 16.5. The molecule has 0 spiro atoms. The van der Waals surface area contributed by atoms with E-state index < -0.39 is 11.9 Å². The lowest BCUT2D eigenvalue weighted by molar-refractivity contribution is -0.142. The third-order valence-corrected chi connectivity index (χ3v) is 4.07. The molecule has 0 saturated heterocycles. The van der Waals surface area contributed by atoms with Crippen LogP contribution >= 0.6 is 0 Å². The minimum atomic E-state index is -0.839. The second kappa shape index (κ2) is 7.88. The van der Waals surface area contributed by atoms with Crippen LogP contribution in [-0.2, 0) is 4.79 Å². The maximum atomic E-state index is 11.1. The maximum Gasteiger partial charge on any atom is 0.307 e. The van der Waals surface area contributed by atoms with Gasteiger partial charge in [-0.2, -0.15) is 0 Å². The second-order valence-electron chi connectivity index (χ2n) is 5.36. The first kappa shape index (κ1) is 17.3. The summed E-state index contributed by atoms with van der Waals surface area (Å²) in [6.07, 6.45) is 0.535. The van der Waals surface area contributed by atoms with Crippen LogP contribution in [0.15, 0.2) is 18.2 Å². The molecule has 0 bridgehead atoms. The van der Waals surface area contributed by atoms with Crippen molar-refractivity contribution >= 4 is 5.97 Å². The number of carboxylic acids is 1. The molecule has 0 aromatic heterocycles. The molecule has 0 aliphatic carbocycles. The van der Waals surface area contributed by atoms with Gasteiger partial charge in [-0.05, 0) is 24.3 Å². The lowest BCUT2D eigenvalue weighted by Gasteiger charge is -2.25. The van der Waals surface area contributed by atoms with Gasteiger partial charge in [0.2, 0.25) is 0 Å². The van der Waals surface area contributed by atoms with Crippen molar-refractivity contribution in [2.24, 2.45) is 17.6 Å². The molecule has 3 N–H and O–H groups in total. The number of rotatable bonds is 8. The molecule has 0 aliphatic rings. The summed E-state index contributed by atoms with van der Waals surface area (Å²) in [5, 5.41) is 9.13. The summed E-state index contributed by atoms with van der Waals surface area (Å²) >= 11 is 0. The predicted molar refractivity (Wildman–Crippen MR) is 81.9 cm³/mol. The Morgan fingerprint density at radius 3 is 2.43 bits per heavy atom. The van der Waals surface area contributed by atoms with Gasteiger partial charge in [-0.3, -0.25) is 4.79 Å². The Morgan fingerprint density at radius 2 is 1.95 bits per heavy atom. The molecule has 21 heavy (non-hydrogen) atoms. The van der Waals surface area contributed by atoms with Crippen molar-refractivity contribution in [3.63, 3.8) is 0 Å². The van der Waals surface area contributed by atoms with Crippen LogP contribution in [0, 0.1) is 11.8 Å². The molecule has 1 aromatic carbocycles. The van der Waals surface area contributed by atoms with Gasteiger partial charge in [0.05, 0.1) is 20.1 Å². The van der Waals surface area contributed by atoms with Gasteiger partial charge in [-0.25, -0.2) is 0 Å². The standard InChI is InChI=1S/C16H25NO4/c1-10(8-12(9-17)16(18)19)11(2)13-6-5-7-14(20-3)15(13)21-4/h5-7,10-12H,8-9,17H2,1-4H3,(H,18,19). The molecule has 0 saturated carbocycles.